The maximum Gasteiger partial charge on any atom is 0.269 e. The molecule has 0 unspecified atom stereocenters. The van der Waals surface area contributed by atoms with Gasteiger partial charge in [-0.15, -0.1) is 0 Å². The molecule has 0 N–H and O–H groups in total. The van der Waals surface area contributed by atoms with Crippen molar-refractivity contribution in [2.75, 3.05) is 6.26 Å². The molecule has 9 heteroatoms. The molecule has 0 aliphatic rings. The van der Waals surface area contributed by atoms with Gasteiger partial charge in [-0.05, 0) is 0 Å². The Morgan fingerprint density at radius 3 is 1.27 bits per heavy atom. The van der Waals surface area contributed by atoms with Gasteiger partial charge in [0.05, 0.1) is 0 Å². The SMILES string of the molecule is C=CS(=O)(=O)C(S(C)(=O)=O)S(=O)(=O)C=C. The van der Waals surface area contributed by atoms with Gasteiger partial charge in [-0.1, -0.05) is 13.2 Å². The summed E-state index contributed by atoms with van der Waals surface area (Å²) in [6.45, 7) is 5.73. The van der Waals surface area contributed by atoms with Crippen molar-refractivity contribution in [2.45, 2.75) is 3.91 Å². The topological polar surface area (TPSA) is 102 Å². The Morgan fingerprint density at radius 1 is 0.867 bits per heavy atom. The lowest BCUT2D eigenvalue weighted by atomic mass is 11.3. The number of sulfone groups is 3. The first-order chi connectivity index (χ1) is 6.49. The third-order valence-corrected chi connectivity index (χ3v) is 9.37. The minimum Gasteiger partial charge on any atom is -0.227 e. The van der Waals surface area contributed by atoms with Gasteiger partial charge in [0, 0.05) is 17.1 Å². The summed E-state index contributed by atoms with van der Waals surface area (Å²) in [5.74, 6) is 0. The minimum atomic E-state index is -4.47. The van der Waals surface area contributed by atoms with Gasteiger partial charge >= 0.3 is 0 Å². The zero-order valence-corrected chi connectivity index (χ0v) is 10.3. The molecule has 0 rings (SSSR count). The molecule has 0 aromatic rings. The number of rotatable bonds is 5. The van der Waals surface area contributed by atoms with Crippen LogP contribution in [0.5, 0.6) is 0 Å². The van der Waals surface area contributed by atoms with E-state index < -0.39 is 33.4 Å². The first-order valence-electron chi connectivity index (χ1n) is 3.40. The van der Waals surface area contributed by atoms with Crippen LogP contribution in [0.15, 0.2) is 24.0 Å². The van der Waals surface area contributed by atoms with Crippen molar-refractivity contribution in [1.29, 1.82) is 0 Å². The quantitative estimate of drug-likeness (QED) is 0.665. The molecule has 88 valence electrons. The highest BCUT2D eigenvalue weighted by atomic mass is 32.3. The summed E-state index contributed by atoms with van der Waals surface area (Å²) in [6, 6.07) is 0. The monoisotopic (exact) mass is 274 g/mol. The predicted octanol–water partition coefficient (Wildman–Crippen LogP) is -0.569. The Morgan fingerprint density at radius 2 is 1.13 bits per heavy atom. The van der Waals surface area contributed by atoms with E-state index in [0.29, 0.717) is 17.1 Å². The summed E-state index contributed by atoms with van der Waals surface area (Å²) in [4.78, 5) is 0. The number of hydrogen-bond acceptors (Lipinski definition) is 6. The smallest absolute Gasteiger partial charge is 0.227 e. The standard InChI is InChI=1S/C6H10O6S3/c1-4-14(9,10)6(13(3,7)8)15(11,12)5-2/h4-6H,1-2H2,3H3. The van der Waals surface area contributed by atoms with Crippen molar-refractivity contribution in [3.63, 3.8) is 0 Å². The third kappa shape index (κ3) is 3.14. The maximum atomic E-state index is 11.2. The van der Waals surface area contributed by atoms with E-state index in [9.17, 15) is 25.3 Å². The molecule has 0 aliphatic heterocycles. The summed E-state index contributed by atoms with van der Waals surface area (Å²) >= 11 is 0. The molecule has 0 heterocycles. The van der Waals surface area contributed by atoms with E-state index in [1.807, 2.05) is 0 Å². The first kappa shape index (κ1) is 14.3. The average Bonchev–Trinajstić information content (AvgIpc) is 2.00. The summed E-state index contributed by atoms with van der Waals surface area (Å²) in [5.41, 5.74) is 0. The van der Waals surface area contributed by atoms with Crippen LogP contribution in [0.3, 0.4) is 0 Å². The highest BCUT2D eigenvalue weighted by Gasteiger charge is 2.42. The molecule has 0 saturated carbocycles. The second-order valence-corrected chi connectivity index (χ2v) is 9.62. The molecule has 6 nitrogen and oxygen atoms in total. The van der Waals surface area contributed by atoms with Crippen LogP contribution in [0, 0.1) is 0 Å². The molecule has 0 fully saturated rings. The van der Waals surface area contributed by atoms with E-state index in [-0.39, 0.29) is 0 Å². The molecule has 15 heavy (non-hydrogen) atoms. The average molecular weight is 274 g/mol. The fourth-order valence-corrected chi connectivity index (χ4v) is 7.48. The molecule has 0 radical (unpaired) electrons. The second kappa shape index (κ2) is 4.06. The van der Waals surface area contributed by atoms with Crippen molar-refractivity contribution in [2.24, 2.45) is 0 Å². The molecule has 0 aromatic carbocycles. The Bertz CT molecular complexity index is 524. The lowest BCUT2D eigenvalue weighted by Gasteiger charge is -2.11. The minimum absolute atomic E-state index is 0.291. The molecule has 0 aliphatic carbocycles. The third-order valence-electron chi connectivity index (χ3n) is 1.35. The highest BCUT2D eigenvalue weighted by Crippen LogP contribution is 2.18. The van der Waals surface area contributed by atoms with Crippen LogP contribution in [0.2, 0.25) is 0 Å². The van der Waals surface area contributed by atoms with E-state index in [1.165, 1.54) is 0 Å². The second-order valence-electron chi connectivity index (χ2n) is 2.63. The molecular weight excluding hydrogens is 264 g/mol. The summed E-state index contributed by atoms with van der Waals surface area (Å²) in [5, 5.41) is 0.583. The zero-order valence-electron chi connectivity index (χ0n) is 7.82. The van der Waals surface area contributed by atoms with Crippen molar-refractivity contribution >= 4 is 29.5 Å². The normalized spacial score (nSPS) is 13.7. The Labute approximate surface area is 89.1 Å². The van der Waals surface area contributed by atoms with Gasteiger partial charge in [-0.2, -0.15) is 0 Å². The molecule has 0 bridgehead atoms. The van der Waals surface area contributed by atoms with Crippen LogP contribution >= 0.6 is 0 Å². The van der Waals surface area contributed by atoms with Crippen molar-refractivity contribution in [3.8, 4) is 0 Å². The number of hydrogen-bond donors (Lipinski definition) is 0. The molecule has 0 saturated heterocycles. The van der Waals surface area contributed by atoms with Crippen LogP contribution in [0.1, 0.15) is 0 Å². The fourth-order valence-electron chi connectivity index (χ4n) is 0.831. The van der Waals surface area contributed by atoms with Crippen LogP contribution in [0.25, 0.3) is 0 Å². The fraction of sp³-hybridized carbons (Fsp3) is 0.333. The largest absolute Gasteiger partial charge is 0.269 e. The van der Waals surface area contributed by atoms with Gasteiger partial charge in [0.1, 0.15) is 0 Å². The zero-order chi connectivity index (χ0) is 12.5. The predicted molar refractivity (Wildman–Crippen MR) is 56.9 cm³/mol. The summed E-state index contributed by atoms with van der Waals surface area (Å²) in [6.07, 6.45) is 0.514. The van der Waals surface area contributed by atoms with E-state index in [1.54, 1.807) is 0 Å². The molecule has 0 amide bonds. The van der Waals surface area contributed by atoms with Gasteiger partial charge in [-0.3, -0.25) is 0 Å². The molecule has 0 aromatic heterocycles. The lowest BCUT2D eigenvalue weighted by Crippen LogP contribution is -2.34. The van der Waals surface area contributed by atoms with E-state index in [2.05, 4.69) is 13.2 Å². The molecular formula is C6H10O6S3. The van der Waals surface area contributed by atoms with Crippen LogP contribution < -0.4 is 0 Å². The van der Waals surface area contributed by atoms with Gasteiger partial charge in [-0.25, -0.2) is 25.3 Å². The van der Waals surface area contributed by atoms with Crippen LogP contribution in [-0.2, 0) is 29.5 Å². The van der Waals surface area contributed by atoms with Crippen LogP contribution in [-0.4, -0.2) is 35.4 Å². The van der Waals surface area contributed by atoms with Gasteiger partial charge < -0.3 is 0 Å². The van der Waals surface area contributed by atoms with Crippen molar-refractivity contribution in [3.05, 3.63) is 24.0 Å². The Kier molecular flexibility index (Phi) is 3.88. The van der Waals surface area contributed by atoms with E-state index in [0.717, 1.165) is 0 Å². The first-order valence-corrected chi connectivity index (χ1v) is 8.58. The highest BCUT2D eigenvalue weighted by molar-refractivity contribution is 8.25. The maximum absolute atomic E-state index is 11.2. The molecule has 0 spiro atoms. The van der Waals surface area contributed by atoms with Gasteiger partial charge in [0.15, 0.2) is 9.84 Å². The Hall–Kier alpha value is -0.670. The summed E-state index contributed by atoms with van der Waals surface area (Å²) in [7, 11) is -13.3. The Balaban J connectivity index is 6.19. The lowest BCUT2D eigenvalue weighted by molar-refractivity contribution is 0.582. The van der Waals surface area contributed by atoms with Crippen molar-refractivity contribution in [1.82, 2.24) is 0 Å². The van der Waals surface area contributed by atoms with Gasteiger partial charge in [0.2, 0.25) is 19.7 Å². The van der Waals surface area contributed by atoms with Crippen LogP contribution in [0.4, 0.5) is 0 Å². The molecule has 0 atom stereocenters. The summed E-state index contributed by atoms with van der Waals surface area (Å²) < 4.78 is 64.5. The van der Waals surface area contributed by atoms with Gasteiger partial charge in [0.25, 0.3) is 3.91 Å². The van der Waals surface area contributed by atoms with E-state index >= 15 is 0 Å². The van der Waals surface area contributed by atoms with E-state index in [4.69, 9.17) is 0 Å². The van der Waals surface area contributed by atoms with Crippen molar-refractivity contribution < 1.29 is 25.3 Å².